The molecular weight excluding hydrogens is 204 g/mol. The number of aromatic nitrogens is 4. The molecule has 0 aromatic carbocycles. The highest BCUT2D eigenvalue weighted by Gasteiger charge is 2.09. The van der Waals surface area contributed by atoms with Gasteiger partial charge in [-0.2, -0.15) is 5.10 Å². The van der Waals surface area contributed by atoms with Gasteiger partial charge in [0.25, 0.3) is 0 Å². The molecule has 6 heteroatoms. The fraction of sp³-hybridized carbons (Fsp3) is 0.400. The quantitative estimate of drug-likeness (QED) is 0.607. The minimum atomic E-state index is 0.598. The number of aliphatic imine (C=N–C) groups is 1. The molecule has 2 aromatic heterocycles. The summed E-state index contributed by atoms with van der Waals surface area (Å²) in [4.78, 5) is 14.7. The van der Waals surface area contributed by atoms with E-state index in [1.807, 2.05) is 32.8 Å². The molecule has 6 nitrogen and oxygen atoms in total. The molecule has 2 heterocycles. The predicted molar refractivity (Wildman–Crippen MR) is 63.0 cm³/mol. The third-order valence-electron chi connectivity index (χ3n) is 2.08. The van der Waals surface area contributed by atoms with Gasteiger partial charge >= 0.3 is 0 Å². The van der Waals surface area contributed by atoms with Crippen molar-refractivity contribution in [1.29, 1.82) is 0 Å². The van der Waals surface area contributed by atoms with E-state index in [1.54, 1.807) is 6.34 Å². The van der Waals surface area contributed by atoms with Crippen LogP contribution in [0.4, 0.5) is 5.82 Å². The van der Waals surface area contributed by atoms with Crippen LogP contribution in [-0.2, 0) is 0 Å². The van der Waals surface area contributed by atoms with Gasteiger partial charge in [0.05, 0.1) is 12.0 Å². The molecule has 0 aliphatic heterocycles. The summed E-state index contributed by atoms with van der Waals surface area (Å²) in [5, 5.41) is 7.05. The first-order valence-corrected chi connectivity index (χ1v) is 4.98. The van der Waals surface area contributed by atoms with Crippen molar-refractivity contribution < 1.29 is 0 Å². The van der Waals surface area contributed by atoms with E-state index >= 15 is 0 Å². The zero-order chi connectivity index (χ0) is 11.7. The molecule has 84 valence electrons. The monoisotopic (exact) mass is 218 g/mol. The lowest BCUT2D eigenvalue weighted by atomic mass is 10.3. The molecule has 0 aliphatic rings. The van der Waals surface area contributed by atoms with Gasteiger partial charge in [0.15, 0.2) is 11.3 Å². The van der Waals surface area contributed by atoms with E-state index in [2.05, 4.69) is 25.2 Å². The molecule has 0 radical (unpaired) electrons. The second kappa shape index (κ2) is 3.88. The molecule has 0 aliphatic carbocycles. The van der Waals surface area contributed by atoms with E-state index in [-0.39, 0.29) is 0 Å². The van der Waals surface area contributed by atoms with Crippen molar-refractivity contribution in [2.75, 3.05) is 14.1 Å². The van der Waals surface area contributed by atoms with Crippen molar-refractivity contribution in [3.8, 4) is 0 Å². The van der Waals surface area contributed by atoms with Crippen LogP contribution in [0.25, 0.3) is 11.0 Å². The number of aromatic amines is 1. The molecule has 0 spiro atoms. The standard InChI is InChI=1S/C10H14N6/c1-6-8-9(15-14-6)10(11-5-16(3)4)13-7(2)12-8/h5H,1-4H3,(H,14,15). The van der Waals surface area contributed by atoms with E-state index in [1.165, 1.54) is 0 Å². The molecule has 0 fully saturated rings. The minimum Gasteiger partial charge on any atom is -0.369 e. The Morgan fingerprint density at radius 1 is 1.19 bits per heavy atom. The molecule has 0 atom stereocenters. The third kappa shape index (κ3) is 1.86. The van der Waals surface area contributed by atoms with Crippen LogP contribution < -0.4 is 0 Å². The Bertz CT molecular complexity index is 539. The highest BCUT2D eigenvalue weighted by atomic mass is 15.2. The van der Waals surface area contributed by atoms with Crippen LogP contribution in [0.3, 0.4) is 0 Å². The van der Waals surface area contributed by atoms with Gasteiger partial charge in [0.2, 0.25) is 0 Å². The largest absolute Gasteiger partial charge is 0.369 e. The summed E-state index contributed by atoms with van der Waals surface area (Å²) in [6.45, 7) is 3.78. The normalized spacial score (nSPS) is 11.5. The Morgan fingerprint density at radius 3 is 2.62 bits per heavy atom. The lowest BCUT2D eigenvalue weighted by molar-refractivity contribution is 0.643. The van der Waals surface area contributed by atoms with Crippen molar-refractivity contribution in [2.45, 2.75) is 13.8 Å². The average molecular weight is 218 g/mol. The average Bonchev–Trinajstić information content (AvgIpc) is 2.57. The molecular formula is C10H14N6. The van der Waals surface area contributed by atoms with Crippen molar-refractivity contribution >= 4 is 23.2 Å². The van der Waals surface area contributed by atoms with Crippen LogP contribution in [0.1, 0.15) is 11.5 Å². The highest BCUT2D eigenvalue weighted by Crippen LogP contribution is 2.21. The minimum absolute atomic E-state index is 0.598. The van der Waals surface area contributed by atoms with E-state index in [0.717, 1.165) is 11.2 Å². The molecule has 16 heavy (non-hydrogen) atoms. The van der Waals surface area contributed by atoms with Gasteiger partial charge in [-0.1, -0.05) is 0 Å². The van der Waals surface area contributed by atoms with E-state index < -0.39 is 0 Å². The van der Waals surface area contributed by atoms with Gasteiger partial charge in [0, 0.05) is 14.1 Å². The molecule has 2 rings (SSSR count). The summed E-state index contributed by atoms with van der Waals surface area (Å²) in [6.07, 6.45) is 1.70. The number of rotatable bonds is 2. The van der Waals surface area contributed by atoms with Crippen LogP contribution in [0.15, 0.2) is 4.99 Å². The van der Waals surface area contributed by atoms with E-state index in [9.17, 15) is 0 Å². The third-order valence-corrected chi connectivity index (χ3v) is 2.08. The second-order valence-electron chi connectivity index (χ2n) is 3.85. The number of hydrogen-bond donors (Lipinski definition) is 1. The fourth-order valence-corrected chi connectivity index (χ4v) is 1.37. The maximum atomic E-state index is 4.33. The Kier molecular flexibility index (Phi) is 2.55. The smallest absolute Gasteiger partial charge is 0.185 e. The molecule has 2 aromatic rings. The molecule has 0 saturated carbocycles. The molecule has 0 unspecified atom stereocenters. The lowest BCUT2D eigenvalue weighted by Gasteiger charge is -2.02. The summed E-state index contributed by atoms with van der Waals surface area (Å²) in [5.41, 5.74) is 2.47. The maximum Gasteiger partial charge on any atom is 0.185 e. The number of nitrogens with zero attached hydrogens (tertiary/aromatic N) is 5. The first kappa shape index (κ1) is 10.5. The van der Waals surface area contributed by atoms with Crippen molar-refractivity contribution in [3.05, 3.63) is 11.5 Å². The van der Waals surface area contributed by atoms with Crippen molar-refractivity contribution in [1.82, 2.24) is 25.1 Å². The Labute approximate surface area is 93.4 Å². The first-order chi connectivity index (χ1) is 7.58. The highest BCUT2D eigenvalue weighted by molar-refractivity contribution is 5.86. The predicted octanol–water partition coefficient (Wildman–Crippen LogP) is 1.19. The van der Waals surface area contributed by atoms with Gasteiger partial charge in [-0.15, -0.1) is 0 Å². The summed E-state index contributed by atoms with van der Waals surface area (Å²) in [5.74, 6) is 1.29. The van der Waals surface area contributed by atoms with Gasteiger partial charge in [-0.25, -0.2) is 15.0 Å². The second-order valence-corrected chi connectivity index (χ2v) is 3.85. The first-order valence-electron chi connectivity index (χ1n) is 4.98. The number of hydrogen-bond acceptors (Lipinski definition) is 4. The number of H-pyrrole nitrogens is 1. The molecule has 0 amide bonds. The van der Waals surface area contributed by atoms with Gasteiger partial charge in [-0.3, -0.25) is 5.10 Å². The summed E-state index contributed by atoms with van der Waals surface area (Å²) >= 11 is 0. The molecule has 0 bridgehead atoms. The Balaban J connectivity index is 2.59. The molecule has 1 N–H and O–H groups in total. The maximum absolute atomic E-state index is 4.33. The van der Waals surface area contributed by atoms with Crippen molar-refractivity contribution in [2.24, 2.45) is 4.99 Å². The molecule has 0 saturated heterocycles. The van der Waals surface area contributed by atoms with Crippen LogP contribution in [0, 0.1) is 13.8 Å². The number of fused-ring (bicyclic) bond motifs is 1. The zero-order valence-electron chi connectivity index (χ0n) is 9.81. The summed E-state index contributed by atoms with van der Waals surface area (Å²) < 4.78 is 0. The zero-order valence-corrected chi connectivity index (χ0v) is 9.81. The van der Waals surface area contributed by atoms with Crippen molar-refractivity contribution in [3.63, 3.8) is 0 Å². The lowest BCUT2D eigenvalue weighted by Crippen LogP contribution is -2.07. The van der Waals surface area contributed by atoms with Gasteiger partial charge < -0.3 is 4.90 Å². The van der Waals surface area contributed by atoms with Crippen LogP contribution >= 0.6 is 0 Å². The summed E-state index contributed by atoms with van der Waals surface area (Å²) in [7, 11) is 3.81. The van der Waals surface area contributed by atoms with E-state index in [4.69, 9.17) is 0 Å². The van der Waals surface area contributed by atoms with Crippen LogP contribution in [0.5, 0.6) is 0 Å². The fourth-order valence-electron chi connectivity index (χ4n) is 1.37. The van der Waals surface area contributed by atoms with Gasteiger partial charge in [-0.05, 0) is 13.8 Å². The number of aryl methyl sites for hydroxylation is 2. The SMILES string of the molecule is Cc1nc(N=CN(C)C)c2n[nH]c(C)c2n1. The van der Waals surface area contributed by atoms with Crippen LogP contribution in [-0.4, -0.2) is 45.5 Å². The number of nitrogens with one attached hydrogen (secondary N) is 1. The van der Waals surface area contributed by atoms with E-state index in [0.29, 0.717) is 17.2 Å². The summed E-state index contributed by atoms with van der Waals surface area (Å²) in [6, 6.07) is 0. The Hall–Kier alpha value is -1.98. The van der Waals surface area contributed by atoms with Gasteiger partial charge in [0.1, 0.15) is 11.3 Å². The topological polar surface area (TPSA) is 70.1 Å². The van der Waals surface area contributed by atoms with Crippen LogP contribution in [0.2, 0.25) is 0 Å². The Morgan fingerprint density at radius 2 is 1.94 bits per heavy atom.